The number of imide groups is 1. The fourth-order valence-corrected chi connectivity index (χ4v) is 2.33. The van der Waals surface area contributed by atoms with E-state index in [1.807, 2.05) is 0 Å². The van der Waals surface area contributed by atoms with Crippen LogP contribution in [0.25, 0.3) is 0 Å². The number of Topliss-reactive ketones (excluding diaryl/α,β-unsaturated/α-hetero) is 1. The van der Waals surface area contributed by atoms with Crippen LogP contribution < -0.4 is 0 Å². The van der Waals surface area contributed by atoms with E-state index in [4.69, 9.17) is 4.74 Å². The first-order valence-corrected chi connectivity index (χ1v) is 7.11. The molecular formula is C16H16F3NO4. The van der Waals surface area contributed by atoms with E-state index in [0.29, 0.717) is 11.0 Å². The summed E-state index contributed by atoms with van der Waals surface area (Å²) < 4.78 is 44.8. The van der Waals surface area contributed by atoms with Crippen molar-refractivity contribution in [3.05, 3.63) is 34.4 Å². The third-order valence-electron chi connectivity index (χ3n) is 3.37. The Bertz CT molecular complexity index is 732. The zero-order chi connectivity index (χ0) is 18.4. The number of amides is 2. The van der Waals surface area contributed by atoms with Gasteiger partial charge >= 0.3 is 12.3 Å². The zero-order valence-electron chi connectivity index (χ0n) is 13.6. The third kappa shape index (κ3) is 3.42. The molecule has 0 atom stereocenters. The lowest BCUT2D eigenvalue weighted by Crippen LogP contribution is -2.36. The number of carbonyl (C=O) groups is 3. The van der Waals surface area contributed by atoms with Crippen LogP contribution in [0, 0.1) is 0 Å². The number of benzene rings is 1. The lowest BCUT2D eigenvalue weighted by atomic mass is 9.97. The average molecular weight is 343 g/mol. The van der Waals surface area contributed by atoms with E-state index in [-0.39, 0.29) is 16.7 Å². The van der Waals surface area contributed by atoms with Gasteiger partial charge in [0, 0.05) is 11.1 Å². The molecule has 0 fully saturated rings. The van der Waals surface area contributed by atoms with Crippen molar-refractivity contribution in [1.82, 2.24) is 4.90 Å². The molecule has 0 aromatic heterocycles. The van der Waals surface area contributed by atoms with Crippen LogP contribution in [0.2, 0.25) is 0 Å². The highest BCUT2D eigenvalue weighted by Gasteiger charge is 2.43. The fraction of sp³-hybridized carbons (Fsp3) is 0.438. The lowest BCUT2D eigenvalue weighted by molar-refractivity contribution is -0.138. The van der Waals surface area contributed by atoms with Crippen LogP contribution in [0.3, 0.4) is 0 Å². The van der Waals surface area contributed by atoms with E-state index in [2.05, 4.69) is 0 Å². The smallest absolute Gasteiger partial charge is 0.417 e. The van der Waals surface area contributed by atoms with Gasteiger partial charge < -0.3 is 4.74 Å². The number of rotatable bonds is 1. The summed E-state index contributed by atoms with van der Waals surface area (Å²) in [6.45, 7) is 5.29. The molecule has 0 spiro atoms. The first-order valence-electron chi connectivity index (χ1n) is 7.11. The molecule has 1 aliphatic rings. The van der Waals surface area contributed by atoms with Gasteiger partial charge in [-0.1, -0.05) is 0 Å². The van der Waals surface area contributed by atoms with Crippen LogP contribution in [0.4, 0.5) is 18.0 Å². The van der Waals surface area contributed by atoms with Crippen molar-refractivity contribution in [1.29, 1.82) is 0 Å². The largest absolute Gasteiger partial charge is 0.443 e. The molecule has 0 saturated heterocycles. The Morgan fingerprint density at radius 1 is 1.17 bits per heavy atom. The molecule has 8 heteroatoms. The molecule has 2 rings (SSSR count). The Balaban J connectivity index is 2.50. The molecule has 1 aliphatic heterocycles. The van der Waals surface area contributed by atoms with Crippen molar-refractivity contribution in [2.24, 2.45) is 0 Å². The summed E-state index contributed by atoms with van der Waals surface area (Å²) in [4.78, 5) is 36.4. The number of carbonyl (C=O) groups excluding carboxylic acids is 3. The number of hydrogen-bond acceptors (Lipinski definition) is 4. The molecule has 0 bridgehead atoms. The van der Waals surface area contributed by atoms with Gasteiger partial charge in [0.1, 0.15) is 5.60 Å². The van der Waals surface area contributed by atoms with Crippen molar-refractivity contribution in [2.45, 2.75) is 46.0 Å². The molecule has 1 aromatic carbocycles. The van der Waals surface area contributed by atoms with E-state index in [1.54, 1.807) is 20.8 Å². The quantitative estimate of drug-likeness (QED) is 0.728. The Kier molecular flexibility index (Phi) is 4.20. The van der Waals surface area contributed by atoms with Gasteiger partial charge in [-0.05, 0) is 45.4 Å². The Labute approximate surface area is 136 Å². The third-order valence-corrected chi connectivity index (χ3v) is 3.37. The second kappa shape index (κ2) is 5.61. The van der Waals surface area contributed by atoms with E-state index < -0.39 is 41.7 Å². The van der Waals surface area contributed by atoms with Gasteiger partial charge in [0.2, 0.25) is 0 Å². The van der Waals surface area contributed by atoms with Gasteiger partial charge in [-0.15, -0.1) is 0 Å². The summed E-state index contributed by atoms with van der Waals surface area (Å²) in [5, 5.41) is 0. The Morgan fingerprint density at radius 3 is 2.21 bits per heavy atom. The molecule has 5 nitrogen and oxygen atoms in total. The fourth-order valence-electron chi connectivity index (χ4n) is 2.33. The molecule has 0 unspecified atom stereocenters. The monoisotopic (exact) mass is 343 g/mol. The molecule has 0 aliphatic carbocycles. The number of nitrogens with zero attached hydrogens (tertiary/aromatic N) is 1. The maximum atomic E-state index is 13.3. The predicted octanol–water partition coefficient (Wildman–Crippen LogP) is 3.80. The van der Waals surface area contributed by atoms with Crippen LogP contribution in [0.5, 0.6) is 0 Å². The van der Waals surface area contributed by atoms with Crippen molar-refractivity contribution in [3.63, 3.8) is 0 Å². The van der Waals surface area contributed by atoms with Crippen LogP contribution in [0.1, 0.15) is 59.5 Å². The van der Waals surface area contributed by atoms with E-state index in [9.17, 15) is 27.6 Å². The standard InChI is InChI=1S/C16H16F3NO4/c1-8(21)9-5-10-11(12(6-9)16(17,18)19)7-20(13(10)22)14(23)24-15(2,3)4/h5-6H,7H2,1-4H3. The molecule has 24 heavy (non-hydrogen) atoms. The van der Waals surface area contributed by atoms with Crippen LogP contribution in [0.15, 0.2) is 12.1 Å². The van der Waals surface area contributed by atoms with Crippen molar-refractivity contribution in [2.75, 3.05) is 0 Å². The highest BCUT2D eigenvalue weighted by Crippen LogP contribution is 2.38. The summed E-state index contributed by atoms with van der Waals surface area (Å²) in [6, 6.07) is 1.78. The first-order chi connectivity index (χ1) is 10.8. The molecule has 1 heterocycles. The number of ether oxygens (including phenoxy) is 1. The molecule has 0 N–H and O–H groups in total. The number of hydrogen-bond donors (Lipinski definition) is 0. The summed E-state index contributed by atoms with van der Waals surface area (Å²) >= 11 is 0. The van der Waals surface area contributed by atoms with Crippen molar-refractivity contribution in [3.8, 4) is 0 Å². The van der Waals surface area contributed by atoms with Gasteiger partial charge in [0.05, 0.1) is 12.1 Å². The van der Waals surface area contributed by atoms with Gasteiger partial charge in [0.15, 0.2) is 5.78 Å². The second-order valence-corrected chi connectivity index (χ2v) is 6.48. The second-order valence-electron chi connectivity index (χ2n) is 6.48. The molecule has 0 radical (unpaired) electrons. The number of halogens is 3. The summed E-state index contributed by atoms with van der Waals surface area (Å²) in [5.41, 5.74) is -2.86. The Morgan fingerprint density at radius 2 is 1.75 bits per heavy atom. The zero-order valence-corrected chi connectivity index (χ0v) is 13.6. The van der Waals surface area contributed by atoms with Crippen molar-refractivity contribution >= 4 is 17.8 Å². The van der Waals surface area contributed by atoms with Gasteiger partial charge in [-0.2, -0.15) is 13.2 Å². The molecule has 0 saturated carbocycles. The minimum absolute atomic E-state index is 0.236. The molecule has 130 valence electrons. The first kappa shape index (κ1) is 18.0. The van der Waals surface area contributed by atoms with E-state index >= 15 is 0 Å². The van der Waals surface area contributed by atoms with E-state index in [0.717, 1.165) is 13.0 Å². The highest BCUT2D eigenvalue weighted by atomic mass is 19.4. The Hall–Kier alpha value is -2.38. The minimum Gasteiger partial charge on any atom is -0.443 e. The molecule has 1 aromatic rings. The SMILES string of the molecule is CC(=O)c1cc2c(c(C(F)(F)F)c1)CN(C(=O)OC(C)(C)C)C2=O. The maximum Gasteiger partial charge on any atom is 0.417 e. The summed E-state index contributed by atoms with van der Waals surface area (Å²) in [6.07, 6.45) is -5.78. The van der Waals surface area contributed by atoms with Gasteiger partial charge in [0.25, 0.3) is 5.91 Å². The maximum absolute atomic E-state index is 13.3. The number of alkyl halides is 3. The summed E-state index contributed by atoms with van der Waals surface area (Å²) in [5.74, 6) is -1.51. The van der Waals surface area contributed by atoms with Crippen LogP contribution >= 0.6 is 0 Å². The molecular weight excluding hydrogens is 327 g/mol. The van der Waals surface area contributed by atoms with E-state index in [1.165, 1.54) is 0 Å². The van der Waals surface area contributed by atoms with Crippen LogP contribution in [-0.4, -0.2) is 28.3 Å². The highest BCUT2D eigenvalue weighted by molar-refractivity contribution is 6.08. The predicted molar refractivity (Wildman–Crippen MR) is 77.6 cm³/mol. The molecule has 2 amide bonds. The number of ketones is 1. The van der Waals surface area contributed by atoms with Gasteiger partial charge in [-0.3, -0.25) is 9.59 Å². The minimum atomic E-state index is -4.75. The topological polar surface area (TPSA) is 63.7 Å². The normalized spacial score (nSPS) is 14.6. The number of fused-ring (bicyclic) bond motifs is 1. The summed E-state index contributed by atoms with van der Waals surface area (Å²) in [7, 11) is 0. The lowest BCUT2D eigenvalue weighted by Gasteiger charge is -2.23. The van der Waals surface area contributed by atoms with Crippen LogP contribution in [-0.2, 0) is 17.5 Å². The van der Waals surface area contributed by atoms with Crippen molar-refractivity contribution < 1.29 is 32.3 Å². The van der Waals surface area contributed by atoms with Gasteiger partial charge in [-0.25, -0.2) is 9.69 Å². The average Bonchev–Trinajstić information content (AvgIpc) is 2.72.